The standard InChI is InChI=1S/C23H23ClN4O6/c24-14-7-15-21(27-23(25-15)34-17-10-33-19-16(29)9-32-20(17)19)26-18(14)11-1-3-13(4-2-11)28-6-5-12(8-28)22(30)31/h1-4,7,12,16-17,19-20,29H,5-6,8-10H2,(H,30,31)(H,25,26,27)/t12-,16+,17+,19?,20?/m0/s1. The van der Waals surface area contributed by atoms with E-state index in [0.717, 1.165) is 17.8 Å². The highest BCUT2D eigenvalue weighted by molar-refractivity contribution is 6.33. The molecular weight excluding hydrogens is 464 g/mol. The number of imidazole rings is 1. The molecule has 3 aliphatic rings. The number of hydrogen-bond donors (Lipinski definition) is 3. The van der Waals surface area contributed by atoms with Crippen molar-refractivity contribution in [2.45, 2.75) is 30.8 Å². The van der Waals surface area contributed by atoms with Gasteiger partial charge >= 0.3 is 5.97 Å². The van der Waals surface area contributed by atoms with Gasteiger partial charge in [0.2, 0.25) is 0 Å². The van der Waals surface area contributed by atoms with E-state index in [1.807, 2.05) is 24.3 Å². The van der Waals surface area contributed by atoms with Crippen molar-refractivity contribution in [2.24, 2.45) is 5.92 Å². The largest absolute Gasteiger partial charge is 0.481 e. The molecule has 0 radical (unpaired) electrons. The van der Waals surface area contributed by atoms with Crippen LogP contribution in [0.15, 0.2) is 30.3 Å². The van der Waals surface area contributed by atoms with Crippen LogP contribution in [0.5, 0.6) is 6.01 Å². The third-order valence-corrected chi connectivity index (χ3v) is 6.98. The SMILES string of the molecule is O=C(O)[C@H]1CCN(c2ccc(-c3nc4nc(O[C@@H]5COC6C5OC[C@H]6O)[nH]c4cc3Cl)cc2)C1. The number of hydrogen-bond acceptors (Lipinski definition) is 8. The molecule has 5 atom stereocenters. The Balaban J connectivity index is 1.20. The van der Waals surface area contributed by atoms with E-state index in [-0.39, 0.29) is 36.8 Å². The molecule has 5 heterocycles. The maximum Gasteiger partial charge on any atom is 0.308 e. The summed E-state index contributed by atoms with van der Waals surface area (Å²) >= 11 is 6.53. The van der Waals surface area contributed by atoms with E-state index in [1.165, 1.54) is 0 Å². The number of carboxylic acids is 1. The Hall–Kier alpha value is -2.92. The van der Waals surface area contributed by atoms with Gasteiger partial charge in [0.15, 0.2) is 11.8 Å². The zero-order valence-electron chi connectivity index (χ0n) is 18.1. The minimum absolute atomic E-state index is 0.229. The lowest BCUT2D eigenvalue weighted by Crippen LogP contribution is -2.34. The summed E-state index contributed by atoms with van der Waals surface area (Å²) in [6.45, 7) is 1.76. The third-order valence-electron chi connectivity index (χ3n) is 6.69. The number of benzene rings is 1. The molecule has 6 rings (SSSR count). The predicted octanol–water partition coefficient (Wildman–Crippen LogP) is 2.10. The number of pyridine rings is 1. The summed E-state index contributed by atoms with van der Waals surface area (Å²) < 4.78 is 17.1. The molecular formula is C23H23ClN4O6. The van der Waals surface area contributed by atoms with E-state index in [2.05, 4.69) is 19.9 Å². The van der Waals surface area contributed by atoms with E-state index in [0.29, 0.717) is 41.5 Å². The summed E-state index contributed by atoms with van der Waals surface area (Å²) in [7, 11) is 0. The molecule has 1 aromatic carbocycles. The molecule has 2 unspecified atom stereocenters. The maximum absolute atomic E-state index is 11.2. The van der Waals surface area contributed by atoms with E-state index >= 15 is 0 Å². The van der Waals surface area contributed by atoms with Crippen molar-refractivity contribution in [3.8, 4) is 17.3 Å². The van der Waals surface area contributed by atoms with Gasteiger partial charge in [-0.2, -0.15) is 4.98 Å². The van der Waals surface area contributed by atoms with Crippen LogP contribution in [0.4, 0.5) is 5.69 Å². The van der Waals surface area contributed by atoms with Crippen molar-refractivity contribution in [1.29, 1.82) is 0 Å². The fraction of sp³-hybridized carbons (Fsp3) is 0.435. The van der Waals surface area contributed by atoms with Crippen LogP contribution < -0.4 is 9.64 Å². The van der Waals surface area contributed by atoms with Crippen LogP contribution in [0.2, 0.25) is 5.02 Å². The molecule has 3 fully saturated rings. The molecule has 34 heavy (non-hydrogen) atoms. The molecule has 3 aliphatic heterocycles. The number of halogens is 1. The van der Waals surface area contributed by atoms with Gasteiger partial charge < -0.3 is 34.3 Å². The fourth-order valence-electron chi connectivity index (χ4n) is 4.87. The van der Waals surface area contributed by atoms with Gasteiger partial charge in [-0.05, 0) is 24.6 Å². The number of nitrogens with zero attached hydrogens (tertiary/aromatic N) is 3. The lowest BCUT2D eigenvalue weighted by molar-refractivity contribution is -0.140. The Morgan fingerprint density at radius 2 is 1.97 bits per heavy atom. The summed E-state index contributed by atoms with van der Waals surface area (Å²) in [5, 5.41) is 19.6. The lowest BCUT2D eigenvalue weighted by atomic mass is 10.1. The zero-order valence-corrected chi connectivity index (χ0v) is 18.8. The van der Waals surface area contributed by atoms with Gasteiger partial charge in [-0.25, -0.2) is 4.98 Å². The summed E-state index contributed by atoms with van der Waals surface area (Å²) in [4.78, 5) is 25.5. The highest BCUT2D eigenvalue weighted by Crippen LogP contribution is 2.33. The predicted molar refractivity (Wildman–Crippen MR) is 122 cm³/mol. The Kier molecular flexibility index (Phi) is 5.33. The first-order valence-corrected chi connectivity index (χ1v) is 11.6. The maximum atomic E-state index is 11.2. The number of nitrogens with one attached hydrogen (secondary N) is 1. The zero-order chi connectivity index (χ0) is 23.4. The van der Waals surface area contributed by atoms with Gasteiger partial charge in [0.1, 0.15) is 18.3 Å². The molecule has 178 valence electrons. The summed E-state index contributed by atoms with van der Waals surface area (Å²) in [6.07, 6.45) is -1.10. The summed E-state index contributed by atoms with van der Waals surface area (Å²) in [5.41, 5.74) is 3.49. The van der Waals surface area contributed by atoms with Crippen LogP contribution in [0, 0.1) is 5.92 Å². The van der Waals surface area contributed by atoms with Gasteiger partial charge in [-0.3, -0.25) is 4.79 Å². The van der Waals surface area contributed by atoms with Gasteiger partial charge in [0, 0.05) is 24.3 Å². The van der Waals surface area contributed by atoms with Crippen molar-refractivity contribution < 1.29 is 29.2 Å². The number of aromatic amines is 1. The molecule has 11 heteroatoms. The smallest absolute Gasteiger partial charge is 0.308 e. The molecule has 0 amide bonds. The quantitative estimate of drug-likeness (QED) is 0.496. The minimum atomic E-state index is -0.751. The number of rotatable bonds is 5. The average molecular weight is 487 g/mol. The number of aliphatic carboxylic acids is 1. The molecule has 0 spiro atoms. The second kappa shape index (κ2) is 8.38. The number of carboxylic acid groups (broad SMARTS) is 1. The number of aliphatic hydroxyl groups is 1. The van der Waals surface area contributed by atoms with Crippen molar-refractivity contribution in [2.75, 3.05) is 31.2 Å². The second-order valence-electron chi connectivity index (χ2n) is 8.87. The van der Waals surface area contributed by atoms with E-state index in [1.54, 1.807) is 6.07 Å². The van der Waals surface area contributed by atoms with Crippen LogP contribution in [-0.4, -0.2) is 81.9 Å². The van der Waals surface area contributed by atoms with Gasteiger partial charge in [0.05, 0.1) is 35.4 Å². The molecule has 0 bridgehead atoms. The van der Waals surface area contributed by atoms with Crippen LogP contribution in [0.25, 0.3) is 22.4 Å². The van der Waals surface area contributed by atoms with Gasteiger partial charge in [-0.1, -0.05) is 23.7 Å². The number of ether oxygens (including phenoxy) is 3. The monoisotopic (exact) mass is 486 g/mol. The Morgan fingerprint density at radius 3 is 2.74 bits per heavy atom. The third kappa shape index (κ3) is 3.76. The van der Waals surface area contributed by atoms with E-state index < -0.39 is 12.1 Å². The number of H-pyrrole nitrogens is 1. The summed E-state index contributed by atoms with van der Waals surface area (Å²) in [6, 6.07) is 9.79. The number of fused-ring (bicyclic) bond motifs is 2. The fourth-order valence-corrected chi connectivity index (χ4v) is 5.13. The number of anilines is 1. The van der Waals surface area contributed by atoms with Gasteiger partial charge in [-0.15, -0.1) is 0 Å². The molecule has 3 aromatic rings. The van der Waals surface area contributed by atoms with Gasteiger partial charge in [0.25, 0.3) is 6.01 Å². The average Bonchev–Trinajstić information content (AvgIpc) is 3.60. The van der Waals surface area contributed by atoms with E-state index in [9.17, 15) is 15.0 Å². The Bertz CT molecular complexity index is 1230. The normalized spacial score (nSPS) is 28.5. The van der Waals surface area contributed by atoms with Crippen LogP contribution in [0.1, 0.15) is 6.42 Å². The van der Waals surface area contributed by atoms with Crippen LogP contribution in [-0.2, 0) is 14.3 Å². The molecule has 2 aromatic heterocycles. The van der Waals surface area contributed by atoms with Crippen molar-refractivity contribution >= 4 is 34.4 Å². The lowest BCUT2D eigenvalue weighted by Gasteiger charge is -2.18. The Labute approximate surface area is 199 Å². The Morgan fingerprint density at radius 1 is 1.18 bits per heavy atom. The van der Waals surface area contributed by atoms with Crippen LogP contribution >= 0.6 is 11.6 Å². The van der Waals surface area contributed by atoms with Crippen molar-refractivity contribution in [1.82, 2.24) is 15.0 Å². The second-order valence-corrected chi connectivity index (χ2v) is 9.28. The van der Waals surface area contributed by atoms with Crippen molar-refractivity contribution in [3.05, 3.63) is 35.4 Å². The highest BCUT2D eigenvalue weighted by Gasteiger charge is 2.48. The topological polar surface area (TPSA) is 130 Å². The van der Waals surface area contributed by atoms with Crippen LogP contribution in [0.3, 0.4) is 0 Å². The molecule has 3 saturated heterocycles. The van der Waals surface area contributed by atoms with E-state index in [4.69, 9.17) is 25.8 Å². The minimum Gasteiger partial charge on any atom is -0.481 e. The molecule has 0 saturated carbocycles. The summed E-state index contributed by atoms with van der Waals surface area (Å²) in [5.74, 6) is -1.08. The van der Waals surface area contributed by atoms with Crippen molar-refractivity contribution in [3.63, 3.8) is 0 Å². The number of aliphatic hydroxyl groups excluding tert-OH is 1. The first-order chi connectivity index (χ1) is 16.5. The first kappa shape index (κ1) is 21.6. The first-order valence-electron chi connectivity index (χ1n) is 11.2. The molecule has 0 aliphatic carbocycles. The molecule has 3 N–H and O–H groups in total. The molecule has 10 nitrogen and oxygen atoms in total. The highest BCUT2D eigenvalue weighted by atomic mass is 35.5. The number of aromatic nitrogens is 3. The number of carbonyl (C=O) groups is 1.